The van der Waals surface area contributed by atoms with Crippen molar-refractivity contribution in [2.75, 3.05) is 35.3 Å². The zero-order valence-corrected chi connectivity index (χ0v) is 24.4. The standard InChI is InChI=1S/C31H35ClN4O5/c1-5-40-28(41-6-2)19-36-26-16-11-22(32)17-25(26)31(29(36)38,18-27(37)33-23-12-7-20(3)8-13-23)35-30(39)34-24-14-9-21(4)10-15-24/h7-17,28H,5-6,18-19H2,1-4H3,(H,33,37)(H2,34,35,39)/t31-/m1/s1. The molecule has 9 nitrogen and oxygen atoms in total. The Morgan fingerprint density at radius 1 is 0.878 bits per heavy atom. The molecule has 0 spiro atoms. The number of nitrogens with zero attached hydrogens (tertiary/aromatic N) is 1. The Balaban J connectivity index is 1.72. The molecule has 1 atom stereocenters. The van der Waals surface area contributed by atoms with Gasteiger partial charge in [0.05, 0.1) is 18.7 Å². The molecule has 4 amide bonds. The van der Waals surface area contributed by atoms with Gasteiger partial charge in [0.25, 0.3) is 5.91 Å². The smallest absolute Gasteiger partial charge is 0.320 e. The first-order valence-corrected chi connectivity index (χ1v) is 13.9. The van der Waals surface area contributed by atoms with E-state index in [0.717, 1.165) is 11.1 Å². The molecule has 41 heavy (non-hydrogen) atoms. The van der Waals surface area contributed by atoms with Crippen LogP contribution in [0.2, 0.25) is 5.02 Å². The van der Waals surface area contributed by atoms with E-state index in [1.54, 1.807) is 42.5 Å². The number of carbonyl (C=O) groups excluding carboxylic acids is 3. The first kappa shape index (κ1) is 30.0. The van der Waals surface area contributed by atoms with Gasteiger partial charge in [0.1, 0.15) is 0 Å². The lowest BCUT2D eigenvalue weighted by atomic mass is 9.87. The molecular formula is C31H35ClN4O5. The van der Waals surface area contributed by atoms with E-state index in [1.807, 2.05) is 52.0 Å². The van der Waals surface area contributed by atoms with Crippen LogP contribution in [-0.4, -0.2) is 43.9 Å². The van der Waals surface area contributed by atoms with E-state index in [4.69, 9.17) is 21.1 Å². The summed E-state index contributed by atoms with van der Waals surface area (Å²) in [5.41, 5.74) is 2.32. The van der Waals surface area contributed by atoms with Crippen LogP contribution in [-0.2, 0) is 24.6 Å². The normalized spacial score (nSPS) is 16.0. The average molecular weight is 579 g/mol. The SMILES string of the molecule is CCOC(CN1C(=O)[C@](CC(=O)Nc2ccc(C)cc2)(NC(=O)Nc2ccc(C)cc2)c2cc(Cl)ccc21)OCC. The Hall–Kier alpha value is -3.92. The molecule has 0 saturated carbocycles. The zero-order valence-electron chi connectivity index (χ0n) is 23.6. The van der Waals surface area contributed by atoms with E-state index in [9.17, 15) is 14.4 Å². The van der Waals surface area contributed by atoms with Crippen molar-refractivity contribution in [2.24, 2.45) is 0 Å². The number of amides is 4. The van der Waals surface area contributed by atoms with E-state index in [2.05, 4.69) is 16.0 Å². The molecule has 0 bridgehead atoms. The molecule has 1 heterocycles. The number of anilines is 3. The van der Waals surface area contributed by atoms with E-state index < -0.39 is 29.7 Å². The number of nitrogens with one attached hydrogen (secondary N) is 3. The van der Waals surface area contributed by atoms with Crippen LogP contribution >= 0.6 is 11.6 Å². The van der Waals surface area contributed by atoms with Crippen LogP contribution < -0.4 is 20.9 Å². The molecule has 0 unspecified atom stereocenters. The minimum Gasteiger partial charge on any atom is -0.351 e. The highest BCUT2D eigenvalue weighted by molar-refractivity contribution is 6.31. The van der Waals surface area contributed by atoms with E-state index in [-0.39, 0.29) is 13.0 Å². The lowest BCUT2D eigenvalue weighted by Crippen LogP contribution is -2.56. The summed E-state index contributed by atoms with van der Waals surface area (Å²) in [7, 11) is 0. The molecule has 10 heteroatoms. The lowest BCUT2D eigenvalue weighted by molar-refractivity contribution is -0.138. The second kappa shape index (κ2) is 13.2. The van der Waals surface area contributed by atoms with Gasteiger partial charge in [0, 0.05) is 35.2 Å². The highest BCUT2D eigenvalue weighted by Crippen LogP contribution is 2.44. The molecule has 3 aromatic rings. The third-order valence-corrected chi connectivity index (χ3v) is 6.99. The Labute approximate surface area is 245 Å². The summed E-state index contributed by atoms with van der Waals surface area (Å²) >= 11 is 6.41. The predicted molar refractivity (Wildman–Crippen MR) is 160 cm³/mol. The van der Waals surface area contributed by atoms with Crippen LogP contribution in [0.5, 0.6) is 0 Å². The number of halogens is 1. The highest BCUT2D eigenvalue weighted by Gasteiger charge is 2.54. The third-order valence-electron chi connectivity index (χ3n) is 6.75. The van der Waals surface area contributed by atoms with Crippen molar-refractivity contribution in [1.82, 2.24) is 5.32 Å². The lowest BCUT2D eigenvalue weighted by Gasteiger charge is -2.30. The van der Waals surface area contributed by atoms with Crippen molar-refractivity contribution in [3.63, 3.8) is 0 Å². The Morgan fingerprint density at radius 2 is 1.44 bits per heavy atom. The summed E-state index contributed by atoms with van der Waals surface area (Å²) in [6.07, 6.45) is -1.09. The molecule has 0 aromatic heterocycles. The summed E-state index contributed by atoms with van der Waals surface area (Å²) in [4.78, 5) is 42.7. The van der Waals surface area contributed by atoms with Gasteiger partial charge >= 0.3 is 6.03 Å². The average Bonchev–Trinajstić information content (AvgIpc) is 3.13. The topological polar surface area (TPSA) is 109 Å². The second-order valence-corrected chi connectivity index (χ2v) is 10.3. The largest absolute Gasteiger partial charge is 0.351 e. The van der Waals surface area contributed by atoms with Gasteiger partial charge in [0.15, 0.2) is 11.8 Å². The molecule has 216 valence electrons. The summed E-state index contributed by atoms with van der Waals surface area (Å²) in [6.45, 7) is 8.36. The molecule has 4 rings (SSSR count). The van der Waals surface area contributed by atoms with Crippen molar-refractivity contribution >= 4 is 46.5 Å². The fourth-order valence-electron chi connectivity index (χ4n) is 4.81. The number of fused-ring (bicyclic) bond motifs is 1. The molecule has 3 aromatic carbocycles. The zero-order chi connectivity index (χ0) is 29.6. The van der Waals surface area contributed by atoms with Crippen LogP contribution in [0, 0.1) is 13.8 Å². The maximum atomic E-state index is 14.4. The van der Waals surface area contributed by atoms with E-state index in [1.165, 1.54) is 4.90 Å². The summed E-state index contributed by atoms with van der Waals surface area (Å²) in [5.74, 6) is -0.964. The fourth-order valence-corrected chi connectivity index (χ4v) is 4.98. The fraction of sp³-hybridized carbons (Fsp3) is 0.323. The monoisotopic (exact) mass is 578 g/mol. The molecule has 3 N–H and O–H groups in total. The number of rotatable bonds is 11. The minimum absolute atomic E-state index is 0.0533. The number of benzene rings is 3. The number of urea groups is 1. The quantitative estimate of drug-likeness (QED) is 0.251. The van der Waals surface area contributed by atoms with Crippen molar-refractivity contribution < 1.29 is 23.9 Å². The van der Waals surface area contributed by atoms with Gasteiger partial charge < -0.3 is 30.3 Å². The van der Waals surface area contributed by atoms with Gasteiger partial charge in [0.2, 0.25) is 5.91 Å². The number of carbonyl (C=O) groups is 3. The van der Waals surface area contributed by atoms with Gasteiger partial charge in [-0.3, -0.25) is 9.59 Å². The first-order chi connectivity index (χ1) is 19.6. The molecule has 1 aliphatic rings. The Kier molecular flexibility index (Phi) is 9.65. The molecule has 0 fully saturated rings. The van der Waals surface area contributed by atoms with Crippen molar-refractivity contribution in [3.8, 4) is 0 Å². The van der Waals surface area contributed by atoms with Crippen LogP contribution in [0.4, 0.5) is 21.9 Å². The van der Waals surface area contributed by atoms with Crippen molar-refractivity contribution in [1.29, 1.82) is 0 Å². The van der Waals surface area contributed by atoms with Crippen LogP contribution in [0.3, 0.4) is 0 Å². The maximum Gasteiger partial charge on any atom is 0.320 e. The molecule has 0 saturated heterocycles. The maximum absolute atomic E-state index is 14.4. The van der Waals surface area contributed by atoms with Gasteiger partial charge in [-0.15, -0.1) is 0 Å². The van der Waals surface area contributed by atoms with E-state index in [0.29, 0.717) is 40.9 Å². The summed E-state index contributed by atoms with van der Waals surface area (Å²) in [6, 6.07) is 18.9. The molecule has 1 aliphatic heterocycles. The number of ether oxygens (including phenoxy) is 2. The van der Waals surface area contributed by atoms with Gasteiger partial charge in [-0.25, -0.2) is 4.79 Å². The predicted octanol–water partition coefficient (Wildman–Crippen LogP) is 5.75. The van der Waals surface area contributed by atoms with Crippen LogP contribution in [0.15, 0.2) is 66.7 Å². The third kappa shape index (κ3) is 7.05. The number of aryl methyl sites for hydroxylation is 2. The van der Waals surface area contributed by atoms with Gasteiger partial charge in [-0.1, -0.05) is 47.0 Å². The number of hydrogen-bond donors (Lipinski definition) is 3. The minimum atomic E-state index is -1.76. The van der Waals surface area contributed by atoms with Crippen LogP contribution in [0.1, 0.15) is 37.0 Å². The first-order valence-electron chi connectivity index (χ1n) is 13.5. The summed E-state index contributed by atoms with van der Waals surface area (Å²) in [5, 5.41) is 8.82. The van der Waals surface area contributed by atoms with Crippen molar-refractivity contribution in [3.05, 3.63) is 88.4 Å². The van der Waals surface area contributed by atoms with Gasteiger partial charge in [-0.2, -0.15) is 0 Å². The van der Waals surface area contributed by atoms with Gasteiger partial charge in [-0.05, 0) is 70.2 Å². The molecular weight excluding hydrogens is 544 g/mol. The van der Waals surface area contributed by atoms with E-state index >= 15 is 0 Å². The number of hydrogen-bond acceptors (Lipinski definition) is 5. The summed E-state index contributed by atoms with van der Waals surface area (Å²) < 4.78 is 11.4. The van der Waals surface area contributed by atoms with Crippen molar-refractivity contribution in [2.45, 2.75) is 45.9 Å². The Bertz CT molecular complexity index is 1330. The highest BCUT2D eigenvalue weighted by atomic mass is 35.5. The van der Waals surface area contributed by atoms with Crippen LogP contribution in [0.25, 0.3) is 0 Å². The molecule has 0 aliphatic carbocycles. The second-order valence-electron chi connectivity index (χ2n) is 9.86. The Morgan fingerprint density at radius 3 is 2.00 bits per heavy atom. The molecule has 0 radical (unpaired) electrons.